The van der Waals surface area contributed by atoms with Crippen molar-refractivity contribution in [2.75, 3.05) is 38.7 Å². The molecule has 15 heavy (non-hydrogen) atoms. The van der Waals surface area contributed by atoms with E-state index in [-0.39, 0.29) is 6.10 Å². The topological polar surface area (TPSA) is 32.7 Å². The zero-order valence-electron chi connectivity index (χ0n) is 9.07. The summed E-state index contributed by atoms with van der Waals surface area (Å²) in [6, 6.07) is 0. The van der Waals surface area contributed by atoms with Crippen molar-refractivity contribution in [3.05, 3.63) is 0 Å². The summed E-state index contributed by atoms with van der Waals surface area (Å²) in [5.74, 6) is 1.83. The molecule has 0 bridgehead atoms. The molecule has 0 aromatic heterocycles. The van der Waals surface area contributed by atoms with Crippen LogP contribution in [0.25, 0.3) is 0 Å². The van der Waals surface area contributed by atoms with Gasteiger partial charge in [0.15, 0.2) is 0 Å². The number of hydrogen-bond acceptors (Lipinski definition) is 3. The number of alkyl halides is 1. The van der Waals surface area contributed by atoms with Crippen molar-refractivity contribution in [1.82, 2.24) is 4.90 Å². The predicted molar refractivity (Wildman–Crippen MR) is 60.2 cm³/mol. The standard InChI is InChI=1S/C11H20ClNO2/c12-3-5-15-6-4-13-7-9-1-2-11(14)10(9)8-13/h9-11,14H,1-8H2. The zero-order valence-corrected chi connectivity index (χ0v) is 9.83. The maximum Gasteiger partial charge on any atom is 0.0602 e. The first-order chi connectivity index (χ1) is 7.31. The van der Waals surface area contributed by atoms with Crippen LogP contribution in [0.2, 0.25) is 0 Å². The van der Waals surface area contributed by atoms with E-state index in [2.05, 4.69) is 4.90 Å². The molecular formula is C11H20ClNO2. The molecule has 1 N–H and O–H groups in total. The van der Waals surface area contributed by atoms with Gasteiger partial charge in [-0.05, 0) is 18.8 Å². The van der Waals surface area contributed by atoms with Gasteiger partial charge in [0.2, 0.25) is 0 Å². The Hall–Kier alpha value is 0.170. The Kier molecular flexibility index (Phi) is 4.26. The molecule has 4 heteroatoms. The van der Waals surface area contributed by atoms with Gasteiger partial charge in [-0.2, -0.15) is 0 Å². The maximum atomic E-state index is 9.75. The fraction of sp³-hybridized carbons (Fsp3) is 1.00. The molecule has 0 amide bonds. The first-order valence-electron chi connectivity index (χ1n) is 5.85. The highest BCUT2D eigenvalue weighted by Crippen LogP contribution is 2.37. The van der Waals surface area contributed by atoms with Gasteiger partial charge >= 0.3 is 0 Å². The molecule has 1 saturated heterocycles. The summed E-state index contributed by atoms with van der Waals surface area (Å²) in [4.78, 5) is 2.41. The SMILES string of the molecule is OC1CCC2CN(CCOCCCl)CC12. The predicted octanol–water partition coefficient (Wildman–Crippen LogP) is 0.944. The third-order valence-corrected chi connectivity index (χ3v) is 3.82. The minimum Gasteiger partial charge on any atom is -0.393 e. The molecule has 0 aromatic rings. The molecule has 2 aliphatic rings. The molecule has 3 unspecified atom stereocenters. The first kappa shape index (κ1) is 11.6. The molecule has 1 heterocycles. The van der Waals surface area contributed by atoms with Gasteiger partial charge in [-0.1, -0.05) is 0 Å². The number of aliphatic hydroxyl groups is 1. The summed E-state index contributed by atoms with van der Waals surface area (Å²) in [5.41, 5.74) is 0. The van der Waals surface area contributed by atoms with Gasteiger partial charge in [-0.15, -0.1) is 11.6 Å². The van der Waals surface area contributed by atoms with Crippen molar-refractivity contribution in [1.29, 1.82) is 0 Å². The molecule has 3 atom stereocenters. The van der Waals surface area contributed by atoms with Gasteiger partial charge in [-0.25, -0.2) is 0 Å². The third-order valence-electron chi connectivity index (χ3n) is 3.67. The molecule has 2 rings (SSSR count). The van der Waals surface area contributed by atoms with E-state index in [1.807, 2.05) is 0 Å². The minimum absolute atomic E-state index is 0.0521. The molecule has 88 valence electrons. The van der Waals surface area contributed by atoms with Crippen LogP contribution in [0.4, 0.5) is 0 Å². The van der Waals surface area contributed by atoms with Crippen LogP contribution >= 0.6 is 11.6 Å². The fourth-order valence-electron chi connectivity index (χ4n) is 2.86. The van der Waals surface area contributed by atoms with Gasteiger partial charge < -0.3 is 14.7 Å². The summed E-state index contributed by atoms with van der Waals surface area (Å²) in [7, 11) is 0. The maximum absolute atomic E-state index is 9.75. The van der Waals surface area contributed by atoms with E-state index in [1.54, 1.807) is 0 Å². The number of likely N-dealkylation sites (tertiary alicyclic amines) is 1. The quantitative estimate of drug-likeness (QED) is 0.567. The van der Waals surface area contributed by atoms with E-state index in [0.717, 1.165) is 38.6 Å². The largest absolute Gasteiger partial charge is 0.393 e. The summed E-state index contributed by atoms with van der Waals surface area (Å²) < 4.78 is 5.36. The number of fused-ring (bicyclic) bond motifs is 1. The van der Waals surface area contributed by atoms with Crippen LogP contribution < -0.4 is 0 Å². The van der Waals surface area contributed by atoms with Crippen molar-refractivity contribution in [2.24, 2.45) is 11.8 Å². The van der Waals surface area contributed by atoms with E-state index >= 15 is 0 Å². The lowest BCUT2D eigenvalue weighted by molar-refractivity contribution is 0.104. The second-order valence-corrected chi connectivity index (χ2v) is 5.01. The molecule has 1 aliphatic carbocycles. The number of hydrogen-bond donors (Lipinski definition) is 1. The van der Waals surface area contributed by atoms with Crippen LogP contribution in [0.15, 0.2) is 0 Å². The Bertz CT molecular complexity index is 203. The summed E-state index contributed by atoms with van der Waals surface area (Å²) in [5, 5.41) is 9.75. The highest BCUT2D eigenvalue weighted by molar-refractivity contribution is 6.17. The lowest BCUT2D eigenvalue weighted by Crippen LogP contribution is -2.28. The van der Waals surface area contributed by atoms with Crippen LogP contribution in [0.1, 0.15) is 12.8 Å². The highest BCUT2D eigenvalue weighted by Gasteiger charge is 2.41. The van der Waals surface area contributed by atoms with E-state index in [9.17, 15) is 5.11 Å². The van der Waals surface area contributed by atoms with E-state index < -0.39 is 0 Å². The molecule has 1 saturated carbocycles. The minimum atomic E-state index is -0.0521. The highest BCUT2D eigenvalue weighted by atomic mass is 35.5. The van der Waals surface area contributed by atoms with Crippen LogP contribution in [0.3, 0.4) is 0 Å². The van der Waals surface area contributed by atoms with E-state index in [0.29, 0.717) is 18.4 Å². The van der Waals surface area contributed by atoms with Crippen molar-refractivity contribution < 1.29 is 9.84 Å². The fourth-order valence-corrected chi connectivity index (χ4v) is 2.97. The van der Waals surface area contributed by atoms with Crippen molar-refractivity contribution in [3.8, 4) is 0 Å². The summed E-state index contributed by atoms with van der Waals surface area (Å²) in [6.07, 6.45) is 2.15. The van der Waals surface area contributed by atoms with Gasteiger partial charge in [0, 0.05) is 31.4 Å². The molecule has 0 spiro atoms. The molecule has 1 aliphatic heterocycles. The van der Waals surface area contributed by atoms with Gasteiger partial charge in [0.25, 0.3) is 0 Å². The number of halogens is 1. The second kappa shape index (κ2) is 5.48. The molecule has 3 nitrogen and oxygen atoms in total. The molecule has 0 aromatic carbocycles. The number of nitrogens with zero attached hydrogens (tertiary/aromatic N) is 1. The third kappa shape index (κ3) is 2.84. The summed E-state index contributed by atoms with van der Waals surface area (Å²) in [6.45, 7) is 4.59. The monoisotopic (exact) mass is 233 g/mol. The lowest BCUT2D eigenvalue weighted by Gasteiger charge is -2.17. The smallest absolute Gasteiger partial charge is 0.0602 e. The Morgan fingerprint density at radius 3 is 2.87 bits per heavy atom. The van der Waals surface area contributed by atoms with Crippen molar-refractivity contribution in [2.45, 2.75) is 18.9 Å². The van der Waals surface area contributed by atoms with Crippen molar-refractivity contribution >= 4 is 11.6 Å². The van der Waals surface area contributed by atoms with Crippen LogP contribution in [-0.2, 0) is 4.74 Å². The van der Waals surface area contributed by atoms with Crippen molar-refractivity contribution in [3.63, 3.8) is 0 Å². The average Bonchev–Trinajstić information content (AvgIpc) is 2.76. The Labute approximate surface area is 96.3 Å². The number of aliphatic hydroxyl groups excluding tert-OH is 1. The summed E-state index contributed by atoms with van der Waals surface area (Å²) >= 11 is 5.52. The van der Waals surface area contributed by atoms with Gasteiger partial charge in [-0.3, -0.25) is 0 Å². The Morgan fingerprint density at radius 2 is 2.13 bits per heavy atom. The van der Waals surface area contributed by atoms with Gasteiger partial charge in [0.1, 0.15) is 0 Å². The van der Waals surface area contributed by atoms with Gasteiger partial charge in [0.05, 0.1) is 19.3 Å². The lowest BCUT2D eigenvalue weighted by atomic mass is 10.00. The molecule has 2 fully saturated rings. The molecule has 0 radical (unpaired) electrons. The zero-order chi connectivity index (χ0) is 10.7. The number of ether oxygens (including phenoxy) is 1. The molecular weight excluding hydrogens is 214 g/mol. The average molecular weight is 234 g/mol. The van der Waals surface area contributed by atoms with Crippen LogP contribution in [0, 0.1) is 11.8 Å². The second-order valence-electron chi connectivity index (χ2n) is 4.63. The van der Waals surface area contributed by atoms with Crippen LogP contribution in [-0.4, -0.2) is 54.8 Å². The van der Waals surface area contributed by atoms with E-state index in [4.69, 9.17) is 16.3 Å². The first-order valence-corrected chi connectivity index (χ1v) is 6.39. The Balaban J connectivity index is 1.65. The van der Waals surface area contributed by atoms with Crippen LogP contribution in [0.5, 0.6) is 0 Å². The van der Waals surface area contributed by atoms with E-state index in [1.165, 1.54) is 6.42 Å². The number of rotatable bonds is 5. The normalized spacial score (nSPS) is 36.0. The Morgan fingerprint density at radius 1 is 1.27 bits per heavy atom.